The van der Waals surface area contributed by atoms with Crippen molar-refractivity contribution in [3.63, 3.8) is 0 Å². The van der Waals surface area contributed by atoms with Crippen molar-refractivity contribution in [2.75, 3.05) is 26.3 Å². The van der Waals surface area contributed by atoms with Crippen LogP contribution in [0.3, 0.4) is 0 Å². The van der Waals surface area contributed by atoms with Gasteiger partial charge >= 0.3 is 0 Å². The molecule has 1 aliphatic rings. The highest BCUT2D eigenvalue weighted by atomic mass is 17.1. The Hall–Kier alpha value is -0.160. The van der Waals surface area contributed by atoms with Gasteiger partial charge in [-0.1, -0.05) is 0 Å². The summed E-state index contributed by atoms with van der Waals surface area (Å²) in [6.45, 7) is 4.94. The van der Waals surface area contributed by atoms with Crippen LogP contribution in [-0.4, -0.2) is 42.7 Å². The summed E-state index contributed by atoms with van der Waals surface area (Å²) in [5, 5.41) is 8.30. The van der Waals surface area contributed by atoms with Crippen molar-refractivity contribution in [2.24, 2.45) is 0 Å². The second-order valence-electron chi connectivity index (χ2n) is 2.35. The Bertz CT molecular complexity index is 93.0. The predicted octanol–water partition coefficient (Wildman–Crippen LogP) is 0.154. The molecule has 0 aromatic rings. The first-order valence-electron chi connectivity index (χ1n) is 3.46. The molecule has 0 bridgehead atoms. The third-order valence-electron chi connectivity index (χ3n) is 1.71. The molecular weight excluding hydrogens is 134 g/mol. The van der Waals surface area contributed by atoms with Gasteiger partial charge in [-0.05, 0) is 6.92 Å². The molecule has 0 spiro atoms. The van der Waals surface area contributed by atoms with Gasteiger partial charge in [0.05, 0.1) is 13.2 Å². The Balaban J connectivity index is 2.24. The highest BCUT2D eigenvalue weighted by molar-refractivity contribution is 4.61. The normalized spacial score (nSPS) is 24.6. The van der Waals surface area contributed by atoms with Gasteiger partial charge in [-0.25, -0.2) is 4.89 Å². The topological polar surface area (TPSA) is 41.9 Å². The van der Waals surface area contributed by atoms with Crippen LogP contribution in [-0.2, 0) is 9.62 Å². The van der Waals surface area contributed by atoms with Crippen molar-refractivity contribution in [1.29, 1.82) is 0 Å². The molecular formula is C6H13NO3. The molecule has 1 heterocycles. The predicted molar refractivity (Wildman–Crippen MR) is 35.6 cm³/mol. The number of ether oxygens (including phenoxy) is 1. The minimum absolute atomic E-state index is 0.205. The molecule has 10 heavy (non-hydrogen) atoms. The van der Waals surface area contributed by atoms with E-state index < -0.39 is 0 Å². The minimum atomic E-state index is -0.205. The average Bonchev–Trinajstić information content (AvgIpc) is 2.05. The summed E-state index contributed by atoms with van der Waals surface area (Å²) in [7, 11) is 0. The zero-order valence-corrected chi connectivity index (χ0v) is 6.12. The maximum atomic E-state index is 8.30. The molecule has 0 aromatic carbocycles. The van der Waals surface area contributed by atoms with Crippen LogP contribution >= 0.6 is 0 Å². The summed E-state index contributed by atoms with van der Waals surface area (Å²) in [5.41, 5.74) is 0. The molecule has 1 saturated heterocycles. The first kappa shape index (κ1) is 7.94. The van der Waals surface area contributed by atoms with Crippen LogP contribution in [0, 0.1) is 0 Å². The Morgan fingerprint density at radius 3 is 2.60 bits per heavy atom. The summed E-state index contributed by atoms with van der Waals surface area (Å²) in [5.74, 6) is 0. The van der Waals surface area contributed by atoms with E-state index in [9.17, 15) is 0 Å². The molecule has 1 unspecified atom stereocenters. The first-order valence-corrected chi connectivity index (χ1v) is 3.46. The number of morpholine rings is 1. The van der Waals surface area contributed by atoms with Crippen LogP contribution in [0.4, 0.5) is 0 Å². The molecule has 1 rings (SSSR count). The monoisotopic (exact) mass is 147 g/mol. The lowest BCUT2D eigenvalue weighted by Gasteiger charge is -2.29. The molecule has 0 radical (unpaired) electrons. The lowest BCUT2D eigenvalue weighted by Crippen LogP contribution is -2.42. The molecule has 0 aliphatic carbocycles. The molecule has 60 valence electrons. The summed E-state index contributed by atoms with van der Waals surface area (Å²) in [6.07, 6.45) is -0.205. The third-order valence-corrected chi connectivity index (χ3v) is 1.71. The molecule has 1 atom stereocenters. The van der Waals surface area contributed by atoms with Gasteiger partial charge in [0.15, 0.2) is 0 Å². The summed E-state index contributed by atoms with van der Waals surface area (Å²) < 4.78 is 5.12. The Morgan fingerprint density at radius 1 is 1.50 bits per heavy atom. The van der Waals surface area contributed by atoms with Gasteiger partial charge in [0.2, 0.25) is 0 Å². The third kappa shape index (κ3) is 1.91. The molecule has 1 fully saturated rings. The molecule has 0 aromatic heterocycles. The molecule has 0 amide bonds. The fraction of sp³-hybridized carbons (Fsp3) is 1.00. The minimum Gasteiger partial charge on any atom is -0.379 e. The van der Waals surface area contributed by atoms with Crippen molar-refractivity contribution < 1.29 is 14.9 Å². The maximum Gasteiger partial charge on any atom is 0.143 e. The van der Waals surface area contributed by atoms with Crippen LogP contribution in [0.5, 0.6) is 0 Å². The van der Waals surface area contributed by atoms with Crippen LogP contribution in [0.2, 0.25) is 0 Å². The van der Waals surface area contributed by atoms with E-state index in [1.54, 1.807) is 0 Å². The molecule has 1 N–H and O–H groups in total. The SMILES string of the molecule is CC(OO)N1CCOCC1. The van der Waals surface area contributed by atoms with E-state index in [0.717, 1.165) is 26.3 Å². The van der Waals surface area contributed by atoms with Crippen molar-refractivity contribution in [2.45, 2.75) is 13.2 Å². The van der Waals surface area contributed by atoms with Crippen molar-refractivity contribution in [3.05, 3.63) is 0 Å². The van der Waals surface area contributed by atoms with Crippen LogP contribution in [0.25, 0.3) is 0 Å². The number of nitrogens with zero attached hydrogens (tertiary/aromatic N) is 1. The summed E-state index contributed by atoms with van der Waals surface area (Å²) >= 11 is 0. The van der Waals surface area contributed by atoms with Gasteiger partial charge in [0.25, 0.3) is 0 Å². The smallest absolute Gasteiger partial charge is 0.143 e. The number of hydrogen-bond acceptors (Lipinski definition) is 4. The van der Waals surface area contributed by atoms with E-state index in [1.165, 1.54) is 0 Å². The van der Waals surface area contributed by atoms with E-state index in [1.807, 2.05) is 11.8 Å². The van der Waals surface area contributed by atoms with Crippen LogP contribution in [0.1, 0.15) is 6.92 Å². The van der Waals surface area contributed by atoms with Crippen LogP contribution < -0.4 is 0 Å². The summed E-state index contributed by atoms with van der Waals surface area (Å²) in [6, 6.07) is 0. The number of hydrogen-bond donors (Lipinski definition) is 1. The lowest BCUT2D eigenvalue weighted by molar-refractivity contribution is -0.311. The maximum absolute atomic E-state index is 8.30. The molecule has 1 aliphatic heterocycles. The highest BCUT2D eigenvalue weighted by Gasteiger charge is 2.16. The zero-order chi connectivity index (χ0) is 7.40. The lowest BCUT2D eigenvalue weighted by atomic mass is 10.4. The van der Waals surface area contributed by atoms with Gasteiger partial charge in [-0.3, -0.25) is 10.2 Å². The Kier molecular flexibility index (Phi) is 3.08. The fourth-order valence-electron chi connectivity index (χ4n) is 1.01. The first-order chi connectivity index (χ1) is 4.84. The number of rotatable bonds is 2. The van der Waals surface area contributed by atoms with Gasteiger partial charge in [-0.2, -0.15) is 0 Å². The van der Waals surface area contributed by atoms with Gasteiger partial charge in [-0.15, -0.1) is 0 Å². The van der Waals surface area contributed by atoms with E-state index in [4.69, 9.17) is 9.99 Å². The molecule has 4 nitrogen and oxygen atoms in total. The second-order valence-corrected chi connectivity index (χ2v) is 2.35. The largest absolute Gasteiger partial charge is 0.379 e. The van der Waals surface area contributed by atoms with Gasteiger partial charge in [0, 0.05) is 13.1 Å². The quantitative estimate of drug-likeness (QED) is 0.446. The second kappa shape index (κ2) is 3.88. The van der Waals surface area contributed by atoms with Crippen molar-refractivity contribution in [1.82, 2.24) is 4.90 Å². The summed E-state index contributed by atoms with van der Waals surface area (Å²) in [4.78, 5) is 6.18. The Morgan fingerprint density at radius 2 is 2.10 bits per heavy atom. The van der Waals surface area contributed by atoms with E-state index >= 15 is 0 Å². The van der Waals surface area contributed by atoms with E-state index in [-0.39, 0.29) is 6.23 Å². The fourth-order valence-corrected chi connectivity index (χ4v) is 1.01. The van der Waals surface area contributed by atoms with Gasteiger partial charge < -0.3 is 4.74 Å². The van der Waals surface area contributed by atoms with E-state index in [0.29, 0.717) is 0 Å². The molecule has 4 heteroatoms. The Labute approximate surface area is 60.3 Å². The van der Waals surface area contributed by atoms with Gasteiger partial charge in [0.1, 0.15) is 6.23 Å². The van der Waals surface area contributed by atoms with Crippen molar-refractivity contribution >= 4 is 0 Å². The van der Waals surface area contributed by atoms with Crippen LogP contribution in [0.15, 0.2) is 0 Å². The average molecular weight is 147 g/mol. The molecule has 0 saturated carbocycles. The standard InChI is InChI=1S/C6H13NO3/c1-6(10-8)7-2-4-9-5-3-7/h6,8H,2-5H2,1H3. The van der Waals surface area contributed by atoms with E-state index in [2.05, 4.69) is 4.89 Å². The van der Waals surface area contributed by atoms with Crippen molar-refractivity contribution in [3.8, 4) is 0 Å². The zero-order valence-electron chi connectivity index (χ0n) is 6.12. The highest BCUT2D eigenvalue weighted by Crippen LogP contribution is 2.02.